The average molecular weight is 424 g/mol. The zero-order valence-corrected chi connectivity index (χ0v) is 17.3. The summed E-state index contributed by atoms with van der Waals surface area (Å²) in [7, 11) is 1.37. The van der Waals surface area contributed by atoms with E-state index in [1.807, 2.05) is 39.0 Å². The van der Waals surface area contributed by atoms with Crippen LogP contribution in [-0.4, -0.2) is 30.8 Å². The largest absolute Gasteiger partial charge is 0.465 e. The van der Waals surface area contributed by atoms with Crippen LogP contribution in [0.4, 0.5) is 4.79 Å². The van der Waals surface area contributed by atoms with E-state index in [-0.39, 0.29) is 24.0 Å². The number of benzene rings is 1. The molecule has 1 fully saturated rings. The normalized spacial score (nSPS) is 20.2. The molecule has 0 heterocycles. The minimum Gasteiger partial charge on any atom is -0.465 e. The quantitative estimate of drug-likeness (QED) is 0.696. The molecule has 5 nitrogen and oxygen atoms in total. The number of esters is 1. The molecule has 6 heteroatoms. The number of alkyl carbamates (subject to hydrolysis) is 1. The van der Waals surface area contributed by atoms with E-state index in [0.29, 0.717) is 5.56 Å². The van der Waals surface area contributed by atoms with Crippen molar-refractivity contribution in [2.24, 2.45) is 5.92 Å². The van der Waals surface area contributed by atoms with Gasteiger partial charge < -0.3 is 14.8 Å². The van der Waals surface area contributed by atoms with Gasteiger partial charge in [0.25, 0.3) is 0 Å². The molecule has 0 aliphatic heterocycles. The highest BCUT2D eigenvalue weighted by molar-refractivity contribution is 9.10. The minimum atomic E-state index is -0.514. The van der Waals surface area contributed by atoms with Gasteiger partial charge in [-0.2, -0.15) is 0 Å². The van der Waals surface area contributed by atoms with Gasteiger partial charge in [0.15, 0.2) is 0 Å². The first-order chi connectivity index (χ1) is 12.2. The summed E-state index contributed by atoms with van der Waals surface area (Å²) in [6.07, 6.45) is 6.54. The van der Waals surface area contributed by atoms with E-state index >= 15 is 0 Å². The van der Waals surface area contributed by atoms with Gasteiger partial charge in [-0.25, -0.2) is 9.59 Å². The monoisotopic (exact) mass is 423 g/mol. The molecule has 0 saturated heterocycles. The van der Waals surface area contributed by atoms with E-state index in [1.54, 1.807) is 6.07 Å². The van der Waals surface area contributed by atoms with Gasteiger partial charge >= 0.3 is 12.1 Å². The van der Waals surface area contributed by atoms with Gasteiger partial charge in [0.2, 0.25) is 0 Å². The van der Waals surface area contributed by atoms with Gasteiger partial charge in [0, 0.05) is 10.5 Å². The predicted octanol–water partition coefficient (Wildman–Crippen LogP) is 4.94. The molecule has 1 aliphatic rings. The van der Waals surface area contributed by atoms with Crippen molar-refractivity contribution in [1.29, 1.82) is 0 Å². The van der Waals surface area contributed by atoms with Crippen LogP contribution in [0.25, 0.3) is 6.08 Å². The van der Waals surface area contributed by atoms with E-state index in [4.69, 9.17) is 9.47 Å². The van der Waals surface area contributed by atoms with Gasteiger partial charge in [-0.05, 0) is 63.3 Å². The highest BCUT2D eigenvalue weighted by Gasteiger charge is 2.28. The Bertz CT molecular complexity index is 694. The molecular formula is C20H26BrNO4. The van der Waals surface area contributed by atoms with Crippen LogP contribution in [0, 0.1) is 5.92 Å². The Balaban J connectivity index is 2.11. The zero-order valence-electron chi connectivity index (χ0n) is 15.7. The highest BCUT2D eigenvalue weighted by Crippen LogP contribution is 2.29. The number of amides is 1. The third kappa shape index (κ3) is 5.87. The van der Waals surface area contributed by atoms with Crippen molar-refractivity contribution in [3.05, 3.63) is 39.9 Å². The van der Waals surface area contributed by atoms with Crippen LogP contribution in [0.3, 0.4) is 0 Å². The molecule has 1 aromatic carbocycles. The van der Waals surface area contributed by atoms with Crippen LogP contribution in [0.15, 0.2) is 28.7 Å². The van der Waals surface area contributed by atoms with Gasteiger partial charge in [-0.15, -0.1) is 0 Å². The molecule has 0 bridgehead atoms. The molecule has 1 aromatic rings. The SMILES string of the molecule is COC(=O)c1ccc(Br)cc1C=C[C@@H]1CCC[C@@H]1NC(=O)OC(C)(C)C. The summed E-state index contributed by atoms with van der Waals surface area (Å²) in [5.74, 6) is -0.168. The van der Waals surface area contributed by atoms with E-state index in [9.17, 15) is 9.59 Å². The fourth-order valence-electron chi connectivity index (χ4n) is 3.05. The first kappa shape index (κ1) is 20.5. The molecule has 142 valence electrons. The lowest BCUT2D eigenvalue weighted by Gasteiger charge is -2.23. The van der Waals surface area contributed by atoms with Gasteiger partial charge in [-0.1, -0.05) is 34.5 Å². The van der Waals surface area contributed by atoms with Crippen LogP contribution in [-0.2, 0) is 9.47 Å². The summed E-state index contributed by atoms with van der Waals surface area (Å²) in [6, 6.07) is 5.47. The number of hydrogen-bond acceptors (Lipinski definition) is 4. The molecule has 26 heavy (non-hydrogen) atoms. The number of ether oxygens (including phenoxy) is 2. The lowest BCUT2D eigenvalue weighted by molar-refractivity contribution is 0.0497. The molecule has 1 aliphatic carbocycles. The average Bonchev–Trinajstić information content (AvgIpc) is 2.97. The van der Waals surface area contributed by atoms with Crippen molar-refractivity contribution in [2.75, 3.05) is 7.11 Å². The smallest absolute Gasteiger partial charge is 0.407 e. The summed E-state index contributed by atoms with van der Waals surface area (Å²) >= 11 is 3.43. The number of halogens is 1. The maximum atomic E-state index is 12.0. The summed E-state index contributed by atoms with van der Waals surface area (Å²) < 4.78 is 11.1. The molecule has 0 aromatic heterocycles. The Kier molecular flexibility index (Phi) is 6.87. The topological polar surface area (TPSA) is 64.6 Å². The van der Waals surface area contributed by atoms with Gasteiger partial charge in [-0.3, -0.25) is 0 Å². The van der Waals surface area contributed by atoms with Crippen molar-refractivity contribution in [1.82, 2.24) is 5.32 Å². The molecule has 0 spiro atoms. The van der Waals surface area contributed by atoms with Crippen LogP contribution >= 0.6 is 15.9 Å². The molecular weight excluding hydrogens is 398 g/mol. The lowest BCUT2D eigenvalue weighted by atomic mass is 10.00. The summed E-state index contributed by atoms with van der Waals surface area (Å²) in [4.78, 5) is 24.0. The Hall–Kier alpha value is -1.82. The second-order valence-electron chi connectivity index (χ2n) is 7.43. The molecule has 0 radical (unpaired) electrons. The van der Waals surface area contributed by atoms with E-state index in [2.05, 4.69) is 27.3 Å². The standard InChI is InChI=1S/C20H26BrNO4/c1-20(2,3)26-19(24)22-17-7-5-6-13(17)8-9-14-12-15(21)10-11-16(14)18(23)25-4/h8-13,17H,5-7H2,1-4H3,(H,22,24)/t13-,17-/m0/s1. The molecule has 1 saturated carbocycles. The molecule has 0 unspecified atom stereocenters. The third-order valence-electron chi connectivity index (χ3n) is 4.21. The fourth-order valence-corrected chi connectivity index (χ4v) is 3.43. The van der Waals surface area contributed by atoms with Gasteiger partial charge in [0.1, 0.15) is 5.60 Å². The van der Waals surface area contributed by atoms with E-state index < -0.39 is 5.60 Å². The maximum absolute atomic E-state index is 12.0. The van der Waals surface area contributed by atoms with Crippen molar-refractivity contribution >= 4 is 34.1 Å². The van der Waals surface area contributed by atoms with E-state index in [1.165, 1.54) is 7.11 Å². The number of methoxy groups -OCH3 is 1. The Morgan fingerprint density at radius 1 is 1.27 bits per heavy atom. The van der Waals surface area contributed by atoms with Crippen molar-refractivity contribution in [3.63, 3.8) is 0 Å². The zero-order chi connectivity index (χ0) is 19.3. The Labute approximate surface area is 163 Å². The van der Waals surface area contributed by atoms with Crippen LogP contribution in [0.5, 0.6) is 0 Å². The Morgan fingerprint density at radius 3 is 2.65 bits per heavy atom. The molecule has 2 rings (SSSR count). The maximum Gasteiger partial charge on any atom is 0.407 e. The molecule has 1 N–H and O–H groups in total. The summed E-state index contributed by atoms with van der Waals surface area (Å²) in [5, 5.41) is 2.97. The van der Waals surface area contributed by atoms with Crippen molar-refractivity contribution in [3.8, 4) is 0 Å². The predicted molar refractivity (Wildman–Crippen MR) is 105 cm³/mol. The summed E-state index contributed by atoms with van der Waals surface area (Å²) in [6.45, 7) is 5.54. The van der Waals surface area contributed by atoms with Gasteiger partial charge in [0.05, 0.1) is 12.7 Å². The first-order valence-corrected chi connectivity index (χ1v) is 9.54. The van der Waals surface area contributed by atoms with Crippen molar-refractivity contribution in [2.45, 2.75) is 51.7 Å². The van der Waals surface area contributed by atoms with E-state index in [0.717, 1.165) is 29.3 Å². The number of carbonyl (C=O) groups excluding carboxylic acids is 2. The first-order valence-electron chi connectivity index (χ1n) is 8.75. The number of carbonyl (C=O) groups is 2. The fraction of sp³-hybridized carbons (Fsp3) is 0.500. The number of rotatable bonds is 4. The van der Waals surface area contributed by atoms with Crippen LogP contribution < -0.4 is 5.32 Å². The third-order valence-corrected chi connectivity index (χ3v) is 4.71. The number of nitrogens with one attached hydrogen (secondary N) is 1. The second-order valence-corrected chi connectivity index (χ2v) is 8.35. The minimum absolute atomic E-state index is 0.0369. The molecule has 2 atom stereocenters. The number of hydrogen-bond donors (Lipinski definition) is 1. The van der Waals surface area contributed by atoms with Crippen LogP contribution in [0.1, 0.15) is 56.0 Å². The Morgan fingerprint density at radius 2 is 2.00 bits per heavy atom. The lowest BCUT2D eigenvalue weighted by Crippen LogP contribution is -2.40. The highest BCUT2D eigenvalue weighted by atomic mass is 79.9. The summed E-state index contributed by atoms with van der Waals surface area (Å²) in [5.41, 5.74) is 0.787. The second kappa shape index (κ2) is 8.71. The van der Waals surface area contributed by atoms with Crippen LogP contribution in [0.2, 0.25) is 0 Å². The van der Waals surface area contributed by atoms with Crippen molar-refractivity contribution < 1.29 is 19.1 Å². The molecule has 1 amide bonds.